The van der Waals surface area contributed by atoms with E-state index < -0.39 is 0 Å². The molecule has 4 heteroatoms. The minimum atomic E-state index is 0.781. The molecule has 18 heavy (non-hydrogen) atoms. The van der Waals surface area contributed by atoms with Gasteiger partial charge in [-0.1, -0.05) is 22.0 Å². The van der Waals surface area contributed by atoms with Gasteiger partial charge in [0.05, 0.1) is 5.69 Å². The van der Waals surface area contributed by atoms with E-state index in [1.165, 1.54) is 22.4 Å². The van der Waals surface area contributed by atoms with Crippen molar-refractivity contribution in [3.63, 3.8) is 0 Å². The Morgan fingerprint density at radius 3 is 2.72 bits per heavy atom. The molecule has 0 atom stereocenters. The second kappa shape index (κ2) is 5.24. The normalized spacial score (nSPS) is 10.9. The van der Waals surface area contributed by atoms with E-state index in [9.17, 15) is 0 Å². The van der Waals surface area contributed by atoms with Gasteiger partial charge in [-0.15, -0.1) is 0 Å². The molecule has 1 aromatic carbocycles. The third kappa shape index (κ3) is 2.35. The Morgan fingerprint density at radius 2 is 2.06 bits per heavy atom. The third-order valence-electron chi connectivity index (χ3n) is 3.22. The summed E-state index contributed by atoms with van der Waals surface area (Å²) >= 11 is 3.55. The molecule has 0 aliphatic heterocycles. The second-order valence-corrected chi connectivity index (χ2v) is 5.44. The molecule has 96 valence electrons. The van der Waals surface area contributed by atoms with Gasteiger partial charge in [-0.05, 0) is 44.2 Å². The number of rotatable bonds is 3. The molecule has 0 saturated carbocycles. The molecule has 0 radical (unpaired) electrons. The first-order valence-corrected chi connectivity index (χ1v) is 6.77. The van der Waals surface area contributed by atoms with E-state index in [4.69, 9.17) is 0 Å². The van der Waals surface area contributed by atoms with Gasteiger partial charge in [-0.2, -0.15) is 5.10 Å². The number of hydrogen-bond acceptors (Lipinski definition) is 2. The molecule has 1 N–H and O–H groups in total. The Morgan fingerprint density at radius 1 is 1.33 bits per heavy atom. The van der Waals surface area contributed by atoms with Crippen molar-refractivity contribution in [2.24, 2.45) is 7.05 Å². The summed E-state index contributed by atoms with van der Waals surface area (Å²) in [5.41, 5.74) is 6.05. The van der Waals surface area contributed by atoms with Crippen molar-refractivity contribution in [3.05, 3.63) is 39.6 Å². The number of aryl methyl sites for hydroxylation is 2. The van der Waals surface area contributed by atoms with Crippen LogP contribution in [0, 0.1) is 13.8 Å². The number of benzene rings is 1. The number of hydrogen-bond donors (Lipinski definition) is 1. The zero-order chi connectivity index (χ0) is 13.3. The minimum Gasteiger partial charge on any atom is -0.314 e. The average molecular weight is 308 g/mol. The number of aromatic nitrogens is 2. The summed E-state index contributed by atoms with van der Waals surface area (Å²) in [7, 11) is 3.94. The molecule has 1 aromatic heterocycles. The molecule has 0 aliphatic rings. The molecule has 0 aliphatic carbocycles. The first-order chi connectivity index (χ1) is 8.54. The molecule has 0 unspecified atom stereocenters. The van der Waals surface area contributed by atoms with Gasteiger partial charge in [0.1, 0.15) is 0 Å². The van der Waals surface area contributed by atoms with Crippen molar-refractivity contribution in [3.8, 4) is 11.1 Å². The summed E-state index contributed by atoms with van der Waals surface area (Å²) in [5, 5.41) is 7.77. The molecular weight excluding hydrogens is 290 g/mol. The van der Waals surface area contributed by atoms with Crippen LogP contribution in [0.2, 0.25) is 0 Å². The first-order valence-electron chi connectivity index (χ1n) is 5.98. The van der Waals surface area contributed by atoms with Crippen molar-refractivity contribution >= 4 is 15.9 Å². The highest BCUT2D eigenvalue weighted by Crippen LogP contribution is 2.31. The molecule has 0 fully saturated rings. The smallest absolute Gasteiger partial charge is 0.0843 e. The third-order valence-corrected chi connectivity index (χ3v) is 3.71. The van der Waals surface area contributed by atoms with Crippen LogP contribution in [-0.2, 0) is 13.6 Å². The fourth-order valence-electron chi connectivity index (χ4n) is 2.18. The van der Waals surface area contributed by atoms with Crippen LogP contribution in [0.25, 0.3) is 11.1 Å². The Labute approximate surface area is 116 Å². The SMILES string of the molecule is CNCc1nn(C)c(C)c1-c1cc(Br)ccc1C. The van der Waals surface area contributed by atoms with Gasteiger partial charge in [0.15, 0.2) is 0 Å². The van der Waals surface area contributed by atoms with Crippen LogP contribution in [0.3, 0.4) is 0 Å². The minimum absolute atomic E-state index is 0.781. The van der Waals surface area contributed by atoms with Crippen molar-refractivity contribution in [1.82, 2.24) is 15.1 Å². The van der Waals surface area contributed by atoms with E-state index in [0.29, 0.717) is 0 Å². The summed E-state index contributed by atoms with van der Waals surface area (Å²) < 4.78 is 3.05. The predicted molar refractivity (Wildman–Crippen MR) is 78.6 cm³/mol. The maximum absolute atomic E-state index is 4.59. The Kier molecular flexibility index (Phi) is 3.88. The molecule has 2 rings (SSSR count). The lowest BCUT2D eigenvalue weighted by Gasteiger charge is -2.08. The van der Waals surface area contributed by atoms with Crippen LogP contribution in [0.15, 0.2) is 22.7 Å². The fraction of sp³-hybridized carbons (Fsp3) is 0.357. The Hall–Kier alpha value is -1.13. The monoisotopic (exact) mass is 307 g/mol. The number of halogens is 1. The molecule has 0 saturated heterocycles. The zero-order valence-corrected chi connectivity index (χ0v) is 12.8. The summed E-state index contributed by atoms with van der Waals surface area (Å²) in [4.78, 5) is 0. The van der Waals surface area contributed by atoms with E-state index in [1.54, 1.807) is 0 Å². The maximum atomic E-state index is 4.59. The van der Waals surface area contributed by atoms with Crippen LogP contribution in [0.4, 0.5) is 0 Å². The van der Waals surface area contributed by atoms with Crippen LogP contribution in [-0.4, -0.2) is 16.8 Å². The van der Waals surface area contributed by atoms with E-state index in [-0.39, 0.29) is 0 Å². The summed E-state index contributed by atoms with van der Waals surface area (Å²) in [6.07, 6.45) is 0. The molecule has 2 aromatic rings. The Balaban J connectivity index is 2.65. The molecular formula is C14H18BrN3. The van der Waals surface area contributed by atoms with Crippen molar-refractivity contribution < 1.29 is 0 Å². The van der Waals surface area contributed by atoms with Crippen molar-refractivity contribution in [2.45, 2.75) is 20.4 Å². The quantitative estimate of drug-likeness (QED) is 0.944. The fourth-order valence-corrected chi connectivity index (χ4v) is 2.54. The van der Waals surface area contributed by atoms with Crippen molar-refractivity contribution in [2.75, 3.05) is 7.05 Å². The van der Waals surface area contributed by atoms with Gasteiger partial charge in [-0.25, -0.2) is 0 Å². The summed E-state index contributed by atoms with van der Waals surface area (Å²) in [6, 6.07) is 6.37. The summed E-state index contributed by atoms with van der Waals surface area (Å²) in [5.74, 6) is 0. The highest BCUT2D eigenvalue weighted by molar-refractivity contribution is 9.10. The maximum Gasteiger partial charge on any atom is 0.0843 e. The topological polar surface area (TPSA) is 29.9 Å². The first kappa shape index (κ1) is 13.3. The van der Waals surface area contributed by atoms with Crippen molar-refractivity contribution in [1.29, 1.82) is 0 Å². The van der Waals surface area contributed by atoms with E-state index in [2.05, 4.69) is 58.4 Å². The molecule has 1 heterocycles. The largest absolute Gasteiger partial charge is 0.314 e. The highest BCUT2D eigenvalue weighted by atomic mass is 79.9. The molecule has 0 amide bonds. The lowest BCUT2D eigenvalue weighted by Crippen LogP contribution is -2.07. The van der Waals surface area contributed by atoms with Crippen LogP contribution < -0.4 is 5.32 Å². The van der Waals surface area contributed by atoms with E-state index >= 15 is 0 Å². The van der Waals surface area contributed by atoms with Crippen LogP contribution in [0.5, 0.6) is 0 Å². The van der Waals surface area contributed by atoms with Gasteiger partial charge in [0.2, 0.25) is 0 Å². The standard InChI is InChI=1S/C14H18BrN3/c1-9-5-6-11(15)7-12(9)14-10(2)18(4)17-13(14)8-16-3/h5-7,16H,8H2,1-4H3. The van der Waals surface area contributed by atoms with Crippen LogP contribution >= 0.6 is 15.9 Å². The van der Waals surface area contributed by atoms with E-state index in [0.717, 1.165) is 16.7 Å². The zero-order valence-electron chi connectivity index (χ0n) is 11.2. The van der Waals surface area contributed by atoms with Gasteiger partial charge < -0.3 is 5.32 Å². The predicted octanol–water partition coefficient (Wildman–Crippen LogP) is 3.19. The number of nitrogens with zero attached hydrogens (tertiary/aromatic N) is 2. The molecule has 3 nitrogen and oxygen atoms in total. The summed E-state index contributed by atoms with van der Waals surface area (Å²) in [6.45, 7) is 5.03. The van der Waals surface area contributed by atoms with Gasteiger partial charge in [0, 0.05) is 29.3 Å². The van der Waals surface area contributed by atoms with E-state index in [1.807, 2.05) is 18.8 Å². The number of nitrogens with one attached hydrogen (secondary N) is 1. The van der Waals surface area contributed by atoms with Gasteiger partial charge in [0.25, 0.3) is 0 Å². The highest BCUT2D eigenvalue weighted by Gasteiger charge is 2.16. The molecule has 0 spiro atoms. The van der Waals surface area contributed by atoms with Crippen LogP contribution in [0.1, 0.15) is 17.0 Å². The van der Waals surface area contributed by atoms with Gasteiger partial charge in [-0.3, -0.25) is 4.68 Å². The average Bonchev–Trinajstić information content (AvgIpc) is 2.59. The lowest BCUT2D eigenvalue weighted by atomic mass is 9.98. The lowest BCUT2D eigenvalue weighted by molar-refractivity contribution is 0.698. The van der Waals surface area contributed by atoms with Gasteiger partial charge >= 0.3 is 0 Å². The molecule has 0 bridgehead atoms. The Bertz CT molecular complexity index is 573. The second-order valence-electron chi connectivity index (χ2n) is 4.52.